The molecule has 25 heavy (non-hydrogen) atoms. The number of aromatic nitrogens is 6. The van der Waals surface area contributed by atoms with Gasteiger partial charge in [0, 0.05) is 12.0 Å². The highest BCUT2D eigenvalue weighted by Gasteiger charge is 2.19. The summed E-state index contributed by atoms with van der Waals surface area (Å²) in [6.07, 6.45) is 4.90. The van der Waals surface area contributed by atoms with Gasteiger partial charge in [0.1, 0.15) is 6.33 Å². The van der Waals surface area contributed by atoms with Gasteiger partial charge in [0.05, 0.1) is 6.54 Å². The van der Waals surface area contributed by atoms with Crippen LogP contribution >= 0.6 is 0 Å². The van der Waals surface area contributed by atoms with Crippen LogP contribution in [0, 0.1) is 5.92 Å². The van der Waals surface area contributed by atoms with Crippen LogP contribution in [0.3, 0.4) is 0 Å². The molecule has 1 aliphatic rings. The van der Waals surface area contributed by atoms with E-state index in [4.69, 9.17) is 4.52 Å². The molecule has 130 valence electrons. The predicted molar refractivity (Wildman–Crippen MR) is 90.6 cm³/mol. The highest BCUT2D eigenvalue weighted by molar-refractivity contribution is 5.53. The van der Waals surface area contributed by atoms with Crippen molar-refractivity contribution in [1.82, 2.24) is 35.2 Å². The van der Waals surface area contributed by atoms with Crippen LogP contribution in [0.4, 0.5) is 0 Å². The SMILES string of the molecule is CN1CCC(Cc2noc(-c3ccc(Cn4cnnn4)cc3)n2)CC1. The smallest absolute Gasteiger partial charge is 0.257 e. The Morgan fingerprint density at radius 3 is 2.68 bits per heavy atom. The molecule has 0 unspecified atom stereocenters. The third-order valence-corrected chi connectivity index (χ3v) is 4.71. The van der Waals surface area contributed by atoms with Gasteiger partial charge in [-0.25, -0.2) is 4.68 Å². The summed E-state index contributed by atoms with van der Waals surface area (Å²) in [6.45, 7) is 2.94. The molecule has 2 aromatic heterocycles. The lowest BCUT2D eigenvalue weighted by Crippen LogP contribution is -2.31. The van der Waals surface area contributed by atoms with E-state index < -0.39 is 0 Å². The van der Waals surface area contributed by atoms with Crippen LogP contribution in [0.15, 0.2) is 35.1 Å². The van der Waals surface area contributed by atoms with Crippen molar-refractivity contribution in [3.05, 3.63) is 42.0 Å². The van der Waals surface area contributed by atoms with Crippen molar-refractivity contribution in [2.45, 2.75) is 25.8 Å². The number of hydrogen-bond acceptors (Lipinski definition) is 7. The van der Waals surface area contributed by atoms with Crippen molar-refractivity contribution < 1.29 is 4.52 Å². The minimum absolute atomic E-state index is 0.580. The van der Waals surface area contributed by atoms with Crippen molar-refractivity contribution in [3.63, 3.8) is 0 Å². The number of benzene rings is 1. The average Bonchev–Trinajstić information content (AvgIpc) is 3.30. The monoisotopic (exact) mass is 339 g/mol. The maximum atomic E-state index is 5.45. The molecule has 3 heterocycles. The van der Waals surface area contributed by atoms with Gasteiger partial charge >= 0.3 is 0 Å². The summed E-state index contributed by atoms with van der Waals surface area (Å²) in [5.74, 6) is 2.04. The Morgan fingerprint density at radius 1 is 1.16 bits per heavy atom. The summed E-state index contributed by atoms with van der Waals surface area (Å²) in [5, 5.41) is 15.3. The molecule has 0 spiro atoms. The average molecular weight is 339 g/mol. The van der Waals surface area contributed by atoms with Gasteiger partial charge in [-0.2, -0.15) is 4.98 Å². The molecule has 0 aliphatic carbocycles. The highest BCUT2D eigenvalue weighted by Crippen LogP contribution is 2.22. The molecule has 0 radical (unpaired) electrons. The molecular formula is C17H21N7O. The lowest BCUT2D eigenvalue weighted by molar-refractivity contribution is 0.216. The van der Waals surface area contributed by atoms with E-state index in [0.29, 0.717) is 18.4 Å². The van der Waals surface area contributed by atoms with Crippen LogP contribution in [0.1, 0.15) is 24.2 Å². The fourth-order valence-corrected chi connectivity index (χ4v) is 3.17. The number of tetrazole rings is 1. The second-order valence-electron chi connectivity index (χ2n) is 6.67. The number of likely N-dealkylation sites (tertiary alicyclic amines) is 1. The topological polar surface area (TPSA) is 85.8 Å². The second kappa shape index (κ2) is 7.10. The van der Waals surface area contributed by atoms with Gasteiger partial charge in [0.15, 0.2) is 5.82 Å². The van der Waals surface area contributed by atoms with Crippen LogP contribution in [0.25, 0.3) is 11.5 Å². The van der Waals surface area contributed by atoms with E-state index in [9.17, 15) is 0 Å². The Labute approximate surface area is 145 Å². The van der Waals surface area contributed by atoms with E-state index in [1.165, 1.54) is 12.8 Å². The summed E-state index contributed by atoms with van der Waals surface area (Å²) in [6, 6.07) is 8.04. The molecule has 0 N–H and O–H groups in total. The molecule has 8 heteroatoms. The lowest BCUT2D eigenvalue weighted by Gasteiger charge is -2.27. The van der Waals surface area contributed by atoms with Crippen molar-refractivity contribution in [1.29, 1.82) is 0 Å². The first-order chi connectivity index (χ1) is 12.3. The van der Waals surface area contributed by atoms with Gasteiger partial charge in [-0.15, -0.1) is 5.10 Å². The summed E-state index contributed by atoms with van der Waals surface area (Å²) in [4.78, 5) is 6.94. The minimum Gasteiger partial charge on any atom is -0.334 e. The van der Waals surface area contributed by atoms with Gasteiger partial charge in [-0.05, 0) is 67.0 Å². The number of hydrogen-bond donors (Lipinski definition) is 0. The van der Waals surface area contributed by atoms with Crippen LogP contribution in [0.2, 0.25) is 0 Å². The standard InChI is InChI=1S/C17H21N7O/c1-23-8-6-13(7-9-23)10-16-19-17(25-20-16)15-4-2-14(3-5-15)11-24-12-18-21-22-24/h2-5,12-13H,6-11H2,1H3. The molecule has 1 fully saturated rings. The fraction of sp³-hybridized carbons (Fsp3) is 0.471. The van der Waals surface area contributed by atoms with Crippen LogP contribution in [-0.2, 0) is 13.0 Å². The Bertz CT molecular complexity index is 789. The Hall–Kier alpha value is -2.61. The Morgan fingerprint density at radius 2 is 1.96 bits per heavy atom. The summed E-state index contributed by atoms with van der Waals surface area (Å²) in [7, 11) is 2.17. The van der Waals surface area contributed by atoms with Crippen molar-refractivity contribution in [3.8, 4) is 11.5 Å². The first-order valence-corrected chi connectivity index (χ1v) is 8.57. The van der Waals surface area contributed by atoms with Crippen LogP contribution in [-0.4, -0.2) is 55.4 Å². The van der Waals surface area contributed by atoms with E-state index in [0.717, 1.165) is 36.5 Å². The number of rotatable bonds is 5. The van der Waals surface area contributed by atoms with E-state index in [1.54, 1.807) is 11.0 Å². The second-order valence-corrected chi connectivity index (χ2v) is 6.67. The zero-order chi connectivity index (χ0) is 17.1. The molecule has 0 saturated carbocycles. The van der Waals surface area contributed by atoms with Gasteiger partial charge in [0.25, 0.3) is 5.89 Å². The highest BCUT2D eigenvalue weighted by atomic mass is 16.5. The molecule has 1 saturated heterocycles. The van der Waals surface area contributed by atoms with Gasteiger partial charge in [0.2, 0.25) is 0 Å². The summed E-state index contributed by atoms with van der Waals surface area (Å²) < 4.78 is 7.13. The minimum atomic E-state index is 0.580. The van der Waals surface area contributed by atoms with Gasteiger partial charge in [-0.1, -0.05) is 17.3 Å². The first-order valence-electron chi connectivity index (χ1n) is 8.57. The molecular weight excluding hydrogens is 318 g/mol. The first kappa shape index (κ1) is 15.9. The molecule has 4 rings (SSSR count). The Kier molecular flexibility index (Phi) is 4.51. The van der Waals surface area contributed by atoms with Gasteiger partial charge in [-0.3, -0.25) is 0 Å². The van der Waals surface area contributed by atoms with Crippen molar-refractivity contribution in [2.24, 2.45) is 5.92 Å². The summed E-state index contributed by atoms with van der Waals surface area (Å²) in [5.41, 5.74) is 2.05. The van der Waals surface area contributed by atoms with E-state index in [1.807, 2.05) is 24.3 Å². The number of piperidine rings is 1. The molecule has 1 aliphatic heterocycles. The lowest BCUT2D eigenvalue weighted by atomic mass is 9.94. The van der Waals surface area contributed by atoms with Crippen LogP contribution < -0.4 is 0 Å². The molecule has 8 nitrogen and oxygen atoms in total. The van der Waals surface area contributed by atoms with Crippen molar-refractivity contribution in [2.75, 3.05) is 20.1 Å². The third kappa shape index (κ3) is 3.90. The maximum absolute atomic E-state index is 5.45. The Balaban J connectivity index is 1.39. The maximum Gasteiger partial charge on any atom is 0.257 e. The zero-order valence-corrected chi connectivity index (χ0v) is 14.2. The normalized spacial score (nSPS) is 16.4. The van der Waals surface area contributed by atoms with E-state index >= 15 is 0 Å². The van der Waals surface area contributed by atoms with E-state index in [2.05, 4.69) is 37.6 Å². The predicted octanol–water partition coefficient (Wildman–Crippen LogP) is 1.66. The fourth-order valence-electron chi connectivity index (χ4n) is 3.17. The van der Waals surface area contributed by atoms with E-state index in [-0.39, 0.29) is 0 Å². The summed E-state index contributed by atoms with van der Waals surface area (Å²) >= 11 is 0. The largest absolute Gasteiger partial charge is 0.334 e. The molecule has 0 amide bonds. The van der Waals surface area contributed by atoms with Crippen molar-refractivity contribution >= 4 is 0 Å². The zero-order valence-electron chi connectivity index (χ0n) is 14.2. The molecule has 0 atom stereocenters. The van der Waals surface area contributed by atoms with Gasteiger partial charge < -0.3 is 9.42 Å². The van der Waals surface area contributed by atoms with Crippen LogP contribution in [0.5, 0.6) is 0 Å². The molecule has 3 aromatic rings. The number of nitrogens with zero attached hydrogens (tertiary/aromatic N) is 7. The molecule has 0 bridgehead atoms. The third-order valence-electron chi connectivity index (χ3n) is 4.71. The molecule has 1 aromatic carbocycles. The quantitative estimate of drug-likeness (QED) is 0.698.